The van der Waals surface area contributed by atoms with Gasteiger partial charge in [0, 0.05) is 39.5 Å². The molecule has 0 atom stereocenters. The summed E-state index contributed by atoms with van der Waals surface area (Å²) in [5, 5.41) is 7.05. The van der Waals surface area contributed by atoms with Crippen molar-refractivity contribution in [3.05, 3.63) is 64.5 Å². The number of hydrogen-bond donors (Lipinski definition) is 1. The molecule has 2 N–H and O–H groups in total. The molecule has 0 aliphatic rings. The highest BCUT2D eigenvalue weighted by molar-refractivity contribution is 7.13. The van der Waals surface area contributed by atoms with Crippen LogP contribution in [-0.4, -0.2) is 20.6 Å². The fraction of sp³-hybridized carbons (Fsp3) is 0.150. The van der Waals surface area contributed by atoms with E-state index in [1.807, 2.05) is 44.4 Å². The molecule has 6 nitrogen and oxygen atoms in total. The molecule has 0 spiro atoms. The third-order valence-corrected chi connectivity index (χ3v) is 5.36. The average Bonchev–Trinajstić information content (AvgIpc) is 3.35. The molecule has 0 aliphatic carbocycles. The number of carbonyl (C=O) groups excluding carboxylic acids is 1. The molecule has 1 amide bonds. The Kier molecular flexibility index (Phi) is 4.16. The minimum absolute atomic E-state index is 0.433. The van der Waals surface area contributed by atoms with Gasteiger partial charge in [-0.1, -0.05) is 17.3 Å². The summed E-state index contributed by atoms with van der Waals surface area (Å²) >= 11 is 1.56. The first-order valence-corrected chi connectivity index (χ1v) is 9.31. The maximum atomic E-state index is 11.2. The first kappa shape index (κ1) is 17.2. The number of nitrogens with two attached hydrogens (primary N) is 1. The van der Waals surface area contributed by atoms with Crippen LogP contribution in [0.2, 0.25) is 0 Å². The van der Waals surface area contributed by atoms with E-state index in [2.05, 4.69) is 15.8 Å². The summed E-state index contributed by atoms with van der Waals surface area (Å²) in [5.74, 6) is 1.11. The van der Waals surface area contributed by atoms with Gasteiger partial charge in [-0.15, -0.1) is 11.3 Å². The normalized spacial score (nSPS) is 11.1. The molecule has 7 heteroatoms. The number of benzene rings is 1. The Morgan fingerprint density at radius 1 is 1.15 bits per heavy atom. The van der Waals surface area contributed by atoms with Crippen LogP contribution in [0.1, 0.15) is 27.5 Å². The van der Waals surface area contributed by atoms with Crippen LogP contribution in [0.3, 0.4) is 0 Å². The van der Waals surface area contributed by atoms with E-state index in [0.717, 1.165) is 44.8 Å². The van der Waals surface area contributed by atoms with Gasteiger partial charge >= 0.3 is 0 Å². The van der Waals surface area contributed by atoms with Crippen molar-refractivity contribution in [2.75, 3.05) is 0 Å². The lowest BCUT2D eigenvalue weighted by atomic mass is 10.1. The van der Waals surface area contributed by atoms with Crippen LogP contribution >= 0.6 is 11.3 Å². The maximum absolute atomic E-state index is 11.2. The smallest absolute Gasteiger partial charge is 0.248 e. The lowest BCUT2D eigenvalue weighted by molar-refractivity contribution is 0.100. The molecule has 4 rings (SSSR count). The molecule has 0 saturated heterocycles. The van der Waals surface area contributed by atoms with Crippen molar-refractivity contribution < 1.29 is 9.32 Å². The fourth-order valence-corrected chi connectivity index (χ4v) is 3.97. The predicted octanol–water partition coefficient (Wildman–Crippen LogP) is 4.28. The Hall–Kier alpha value is -3.19. The molecule has 3 aromatic heterocycles. The van der Waals surface area contributed by atoms with Crippen molar-refractivity contribution in [1.29, 1.82) is 0 Å². The molecule has 0 radical (unpaired) electrons. The van der Waals surface area contributed by atoms with E-state index >= 15 is 0 Å². The van der Waals surface area contributed by atoms with E-state index in [0.29, 0.717) is 5.56 Å². The van der Waals surface area contributed by atoms with Crippen LogP contribution < -0.4 is 5.73 Å². The first-order valence-electron chi connectivity index (χ1n) is 8.43. The number of aromatic nitrogens is 3. The number of thiazole rings is 1. The number of primary amides is 1. The molecule has 0 aliphatic heterocycles. The molecule has 0 saturated carbocycles. The Bertz CT molecular complexity index is 1140. The highest BCUT2D eigenvalue weighted by Gasteiger charge is 2.17. The van der Waals surface area contributed by atoms with E-state index in [1.165, 1.54) is 0 Å². The third kappa shape index (κ3) is 3.06. The van der Waals surface area contributed by atoms with Gasteiger partial charge in [-0.25, -0.2) is 4.98 Å². The van der Waals surface area contributed by atoms with Crippen molar-refractivity contribution in [3.8, 4) is 27.6 Å². The van der Waals surface area contributed by atoms with Crippen LogP contribution in [0.25, 0.3) is 27.6 Å². The number of hydrogen-bond acceptors (Lipinski definition) is 5. The quantitative estimate of drug-likeness (QED) is 0.574. The minimum Gasteiger partial charge on any atom is -0.366 e. The van der Waals surface area contributed by atoms with Gasteiger partial charge in [0.15, 0.2) is 5.82 Å². The zero-order chi connectivity index (χ0) is 19.1. The van der Waals surface area contributed by atoms with Gasteiger partial charge in [0.2, 0.25) is 5.91 Å². The van der Waals surface area contributed by atoms with Crippen LogP contribution in [0.15, 0.2) is 46.3 Å². The van der Waals surface area contributed by atoms with E-state index in [4.69, 9.17) is 15.2 Å². The Balaban J connectivity index is 1.70. The van der Waals surface area contributed by atoms with Crippen molar-refractivity contribution in [3.63, 3.8) is 0 Å². The summed E-state index contributed by atoms with van der Waals surface area (Å²) in [5.41, 5.74) is 10.8. The summed E-state index contributed by atoms with van der Waals surface area (Å²) in [6, 6.07) is 11.2. The second kappa shape index (κ2) is 6.51. The molecule has 136 valence electrons. The number of aryl methyl sites for hydroxylation is 2. The summed E-state index contributed by atoms with van der Waals surface area (Å²) in [4.78, 5) is 16.0. The molecular formula is C20H18N4O2S. The van der Waals surface area contributed by atoms with Gasteiger partial charge < -0.3 is 10.3 Å². The second-order valence-electron chi connectivity index (χ2n) is 6.40. The third-order valence-electron chi connectivity index (χ3n) is 4.47. The molecule has 0 unspecified atom stereocenters. The largest absolute Gasteiger partial charge is 0.366 e. The number of amides is 1. The van der Waals surface area contributed by atoms with Crippen molar-refractivity contribution in [2.24, 2.45) is 5.73 Å². The number of rotatable bonds is 4. The second-order valence-corrected chi connectivity index (χ2v) is 7.25. The molecule has 3 heterocycles. The standard InChI is InChI=1S/C20H18N4O2S/c1-11-8-16(13(3)24(11)18-9-12(2)26-23-18)17-10-27-20(22-17)15-6-4-14(5-7-15)19(21)25/h4-10H,1-3H3,(H2,21,25). The van der Waals surface area contributed by atoms with E-state index < -0.39 is 5.91 Å². The van der Waals surface area contributed by atoms with Gasteiger partial charge in [0.25, 0.3) is 0 Å². The van der Waals surface area contributed by atoms with Gasteiger partial charge in [-0.05, 0) is 39.0 Å². The number of carbonyl (C=O) groups is 1. The van der Waals surface area contributed by atoms with E-state index in [9.17, 15) is 4.79 Å². The number of nitrogens with zero attached hydrogens (tertiary/aromatic N) is 3. The van der Waals surface area contributed by atoms with E-state index in [1.54, 1.807) is 23.5 Å². The van der Waals surface area contributed by atoms with Crippen LogP contribution in [-0.2, 0) is 0 Å². The fourth-order valence-electron chi connectivity index (χ4n) is 3.14. The molecule has 27 heavy (non-hydrogen) atoms. The monoisotopic (exact) mass is 378 g/mol. The van der Waals surface area contributed by atoms with Gasteiger partial charge in [0.05, 0.1) is 5.69 Å². The summed E-state index contributed by atoms with van der Waals surface area (Å²) in [6.07, 6.45) is 0. The van der Waals surface area contributed by atoms with Gasteiger partial charge in [-0.3, -0.25) is 9.36 Å². The average molecular weight is 378 g/mol. The van der Waals surface area contributed by atoms with Crippen LogP contribution in [0.4, 0.5) is 0 Å². The van der Waals surface area contributed by atoms with Gasteiger partial charge in [0.1, 0.15) is 10.8 Å². The Labute approximate surface area is 160 Å². The maximum Gasteiger partial charge on any atom is 0.248 e. The first-order chi connectivity index (χ1) is 12.9. The Morgan fingerprint density at radius 3 is 2.52 bits per heavy atom. The minimum atomic E-state index is -0.433. The summed E-state index contributed by atoms with van der Waals surface area (Å²) < 4.78 is 7.28. The molecule has 0 bridgehead atoms. The van der Waals surface area contributed by atoms with Crippen LogP contribution in [0, 0.1) is 20.8 Å². The lowest BCUT2D eigenvalue weighted by Crippen LogP contribution is -2.10. The molecule has 0 fully saturated rings. The summed E-state index contributed by atoms with van der Waals surface area (Å²) in [6.45, 7) is 5.96. The zero-order valence-electron chi connectivity index (χ0n) is 15.2. The molecule has 4 aromatic rings. The molecule has 1 aromatic carbocycles. The predicted molar refractivity (Wildman–Crippen MR) is 105 cm³/mol. The lowest BCUT2D eigenvalue weighted by Gasteiger charge is -2.04. The SMILES string of the molecule is Cc1cc(-n2c(C)cc(-c3csc(-c4ccc(C(N)=O)cc4)n3)c2C)no1. The van der Waals surface area contributed by atoms with Gasteiger partial charge in [-0.2, -0.15) is 0 Å². The Morgan fingerprint density at radius 2 is 1.89 bits per heavy atom. The van der Waals surface area contributed by atoms with Crippen molar-refractivity contribution >= 4 is 17.2 Å². The molecular weight excluding hydrogens is 360 g/mol. The van der Waals surface area contributed by atoms with Crippen LogP contribution in [0.5, 0.6) is 0 Å². The zero-order valence-corrected chi connectivity index (χ0v) is 16.0. The summed E-state index contributed by atoms with van der Waals surface area (Å²) in [7, 11) is 0. The van der Waals surface area contributed by atoms with Crippen molar-refractivity contribution in [2.45, 2.75) is 20.8 Å². The highest BCUT2D eigenvalue weighted by Crippen LogP contribution is 2.33. The van der Waals surface area contributed by atoms with E-state index in [-0.39, 0.29) is 0 Å². The van der Waals surface area contributed by atoms with Crippen molar-refractivity contribution in [1.82, 2.24) is 14.7 Å². The topological polar surface area (TPSA) is 86.9 Å². The highest BCUT2D eigenvalue weighted by atomic mass is 32.1.